The van der Waals surface area contributed by atoms with Gasteiger partial charge < -0.3 is 14.5 Å². The first-order chi connectivity index (χ1) is 11.5. The van der Waals surface area contributed by atoms with Gasteiger partial charge in [0, 0.05) is 19.9 Å². The fourth-order valence-electron chi connectivity index (χ4n) is 2.76. The molecule has 1 aliphatic rings. The minimum Gasteiger partial charge on any atom is -0.458 e. The first kappa shape index (κ1) is 19.0. The van der Waals surface area contributed by atoms with Crippen LogP contribution in [0, 0.1) is 0 Å². The lowest BCUT2D eigenvalue weighted by molar-refractivity contribution is 0.0233. The monoisotopic (exact) mass is 358 g/mol. The molecule has 24 heavy (non-hydrogen) atoms. The van der Waals surface area contributed by atoms with E-state index >= 15 is 0 Å². The van der Waals surface area contributed by atoms with E-state index in [1.54, 1.807) is 0 Å². The number of H-pyrrole nitrogens is 1. The van der Waals surface area contributed by atoms with E-state index in [-0.39, 0.29) is 29.8 Å². The van der Waals surface area contributed by atoms with Gasteiger partial charge in [-0.1, -0.05) is 19.3 Å². The van der Waals surface area contributed by atoms with Crippen LogP contribution in [0.1, 0.15) is 55.4 Å². The number of carbonyl (C=O) groups is 1. The first-order valence-electron chi connectivity index (χ1n) is 8.41. The summed E-state index contributed by atoms with van der Waals surface area (Å²) in [5, 5.41) is 0. The highest BCUT2D eigenvalue weighted by Gasteiger charge is 2.21. The average molecular weight is 358 g/mol. The summed E-state index contributed by atoms with van der Waals surface area (Å²) >= 11 is 0. The normalized spacial score (nSPS) is 17.2. The molecule has 2 rings (SSSR count). The number of aromatic nitrogens is 1. The van der Waals surface area contributed by atoms with Crippen molar-refractivity contribution in [2.24, 2.45) is 0 Å². The highest BCUT2D eigenvalue weighted by Crippen LogP contribution is 2.21. The second kappa shape index (κ2) is 9.19. The zero-order valence-corrected chi connectivity index (χ0v) is 14.9. The second-order valence-electron chi connectivity index (χ2n) is 6.01. The minimum atomic E-state index is -3.66. The molecule has 1 saturated carbocycles. The number of aromatic amines is 1. The summed E-state index contributed by atoms with van der Waals surface area (Å²) in [7, 11) is -2.16. The predicted octanol–water partition coefficient (Wildman–Crippen LogP) is 2.21. The Bertz CT molecular complexity index is 618. The molecule has 0 amide bonds. The molecule has 0 unspecified atom stereocenters. The van der Waals surface area contributed by atoms with Crippen LogP contribution >= 0.6 is 0 Å². The van der Waals surface area contributed by atoms with Crippen molar-refractivity contribution in [2.75, 3.05) is 20.3 Å². The van der Waals surface area contributed by atoms with Crippen molar-refractivity contribution in [1.82, 2.24) is 9.71 Å². The summed E-state index contributed by atoms with van der Waals surface area (Å²) in [5.41, 5.74) is 0.157. The third-order valence-corrected chi connectivity index (χ3v) is 5.55. The number of hydrogen-bond donors (Lipinski definition) is 2. The zero-order chi connectivity index (χ0) is 17.4. The van der Waals surface area contributed by atoms with Gasteiger partial charge in [0.15, 0.2) is 0 Å². The van der Waals surface area contributed by atoms with Gasteiger partial charge in [0.05, 0.1) is 6.61 Å². The highest BCUT2D eigenvalue weighted by molar-refractivity contribution is 7.89. The predicted molar refractivity (Wildman–Crippen MR) is 89.4 cm³/mol. The van der Waals surface area contributed by atoms with E-state index in [4.69, 9.17) is 9.47 Å². The van der Waals surface area contributed by atoms with E-state index in [0.717, 1.165) is 25.7 Å². The third kappa shape index (κ3) is 5.61. The van der Waals surface area contributed by atoms with Gasteiger partial charge in [-0.25, -0.2) is 17.9 Å². The van der Waals surface area contributed by atoms with Crippen LogP contribution in [0.3, 0.4) is 0 Å². The topological polar surface area (TPSA) is 97.5 Å². The number of ether oxygens (including phenoxy) is 2. The van der Waals surface area contributed by atoms with Crippen molar-refractivity contribution in [2.45, 2.75) is 55.9 Å². The fraction of sp³-hybridized carbons (Fsp3) is 0.688. The largest absolute Gasteiger partial charge is 0.458 e. The van der Waals surface area contributed by atoms with Gasteiger partial charge in [0.25, 0.3) is 0 Å². The minimum absolute atomic E-state index is 0.0169. The molecule has 0 bridgehead atoms. The molecule has 136 valence electrons. The van der Waals surface area contributed by atoms with E-state index in [1.165, 1.54) is 38.6 Å². The molecule has 1 heterocycles. The summed E-state index contributed by atoms with van der Waals surface area (Å²) in [5.74, 6) is -0.501. The van der Waals surface area contributed by atoms with Crippen LogP contribution in [0.4, 0.5) is 0 Å². The van der Waals surface area contributed by atoms with Crippen molar-refractivity contribution >= 4 is 16.0 Å². The number of methoxy groups -OCH3 is 1. The molecule has 2 N–H and O–H groups in total. The maximum Gasteiger partial charge on any atom is 0.355 e. The summed E-state index contributed by atoms with van der Waals surface area (Å²) in [4.78, 5) is 14.9. The van der Waals surface area contributed by atoms with Crippen LogP contribution < -0.4 is 4.72 Å². The molecular formula is C16H26N2O5S. The zero-order valence-electron chi connectivity index (χ0n) is 14.0. The number of rotatable bonds is 7. The lowest BCUT2D eigenvalue weighted by atomic mass is 9.98. The Morgan fingerprint density at radius 1 is 1.25 bits per heavy atom. The Morgan fingerprint density at radius 3 is 2.58 bits per heavy atom. The Kier molecular flexibility index (Phi) is 7.26. The van der Waals surface area contributed by atoms with Gasteiger partial charge in [0.2, 0.25) is 10.0 Å². The van der Waals surface area contributed by atoms with Gasteiger partial charge in [-0.3, -0.25) is 0 Å². The van der Waals surface area contributed by atoms with Crippen molar-refractivity contribution in [3.63, 3.8) is 0 Å². The van der Waals surface area contributed by atoms with Crippen LogP contribution in [0.2, 0.25) is 0 Å². The molecule has 1 fully saturated rings. The molecule has 0 aromatic carbocycles. The summed E-state index contributed by atoms with van der Waals surface area (Å²) in [6, 6.07) is 1.31. The molecule has 7 nitrogen and oxygen atoms in total. The molecule has 0 aliphatic heterocycles. The average Bonchev–Trinajstić information content (AvgIpc) is 3.01. The van der Waals surface area contributed by atoms with Crippen molar-refractivity contribution in [3.05, 3.63) is 18.0 Å². The first-order valence-corrected chi connectivity index (χ1v) is 9.89. The Hall–Kier alpha value is -1.38. The summed E-state index contributed by atoms with van der Waals surface area (Å²) in [6.07, 6.45) is 8.67. The van der Waals surface area contributed by atoms with Crippen LogP contribution in [0.25, 0.3) is 0 Å². The number of carbonyl (C=O) groups excluding carboxylic acids is 1. The Morgan fingerprint density at radius 2 is 1.92 bits per heavy atom. The van der Waals surface area contributed by atoms with E-state index in [0.29, 0.717) is 0 Å². The standard InChI is InChI=1S/C16H26N2O5S/c1-22-10-9-18-24(20,21)14-11-15(17-12-14)16(19)23-13-7-5-3-2-4-6-8-13/h11-13,17-18H,2-10H2,1H3. The van der Waals surface area contributed by atoms with Crippen molar-refractivity contribution in [3.8, 4) is 0 Å². The van der Waals surface area contributed by atoms with Crippen LogP contribution in [0.15, 0.2) is 17.2 Å². The highest BCUT2D eigenvalue weighted by atomic mass is 32.2. The van der Waals surface area contributed by atoms with Gasteiger partial charge in [-0.2, -0.15) is 0 Å². The lowest BCUT2D eigenvalue weighted by Crippen LogP contribution is -2.26. The van der Waals surface area contributed by atoms with E-state index < -0.39 is 16.0 Å². The molecule has 1 aromatic heterocycles. The molecule has 1 aromatic rings. The SMILES string of the molecule is COCCNS(=O)(=O)c1c[nH]c(C(=O)OC2CCCCCCC2)c1. The lowest BCUT2D eigenvalue weighted by Gasteiger charge is -2.19. The number of hydrogen-bond acceptors (Lipinski definition) is 5. The second-order valence-corrected chi connectivity index (χ2v) is 7.78. The molecule has 0 atom stereocenters. The number of sulfonamides is 1. The molecule has 8 heteroatoms. The van der Waals surface area contributed by atoms with Gasteiger partial charge in [0.1, 0.15) is 16.7 Å². The van der Waals surface area contributed by atoms with Crippen LogP contribution in [-0.4, -0.2) is 45.7 Å². The molecule has 1 aliphatic carbocycles. The van der Waals surface area contributed by atoms with Crippen LogP contribution in [-0.2, 0) is 19.5 Å². The molecule has 0 saturated heterocycles. The molecule has 0 radical (unpaired) electrons. The Balaban J connectivity index is 1.94. The van der Waals surface area contributed by atoms with E-state index in [9.17, 15) is 13.2 Å². The maximum atomic E-state index is 12.2. The smallest absolute Gasteiger partial charge is 0.355 e. The van der Waals surface area contributed by atoms with E-state index in [1.807, 2.05) is 0 Å². The van der Waals surface area contributed by atoms with Crippen LogP contribution in [0.5, 0.6) is 0 Å². The van der Waals surface area contributed by atoms with Gasteiger partial charge >= 0.3 is 5.97 Å². The van der Waals surface area contributed by atoms with Gasteiger partial charge in [-0.05, 0) is 31.7 Å². The van der Waals surface area contributed by atoms with Gasteiger partial charge in [-0.15, -0.1) is 0 Å². The Labute approximate surface area is 143 Å². The summed E-state index contributed by atoms with van der Waals surface area (Å²) in [6.45, 7) is 0.450. The number of nitrogens with one attached hydrogen (secondary N) is 2. The van der Waals surface area contributed by atoms with E-state index in [2.05, 4.69) is 9.71 Å². The van der Waals surface area contributed by atoms with Crippen molar-refractivity contribution in [1.29, 1.82) is 0 Å². The quantitative estimate of drug-likeness (QED) is 0.575. The fourth-order valence-corrected chi connectivity index (χ4v) is 3.77. The van der Waals surface area contributed by atoms with Crippen molar-refractivity contribution < 1.29 is 22.7 Å². The molecule has 0 spiro atoms. The summed E-state index contributed by atoms with van der Waals surface area (Å²) < 4.78 is 36.9. The number of esters is 1. The third-order valence-electron chi connectivity index (χ3n) is 4.11. The maximum absolute atomic E-state index is 12.2. The molecular weight excluding hydrogens is 332 g/mol.